The number of hydrogen-bond donors (Lipinski definition) is 1. The van der Waals surface area contributed by atoms with Crippen molar-refractivity contribution in [3.8, 4) is 0 Å². The van der Waals surface area contributed by atoms with Gasteiger partial charge in [0.05, 0.1) is 0 Å². The molecule has 1 N–H and O–H groups in total. The summed E-state index contributed by atoms with van der Waals surface area (Å²) in [5.41, 5.74) is -0.0289. The van der Waals surface area contributed by atoms with E-state index in [0.717, 1.165) is 45.3 Å². The van der Waals surface area contributed by atoms with Gasteiger partial charge in [-0.25, -0.2) is 0 Å². The number of likely N-dealkylation sites (tertiary alicyclic amines) is 1. The molecule has 1 aliphatic carbocycles. The Kier molecular flexibility index (Phi) is 5.70. The van der Waals surface area contributed by atoms with Gasteiger partial charge in [0, 0.05) is 24.5 Å². The van der Waals surface area contributed by atoms with E-state index in [1.54, 1.807) is 0 Å². The Labute approximate surface area is 130 Å². The predicted octanol–water partition coefficient (Wildman–Crippen LogP) is 3.44. The van der Waals surface area contributed by atoms with Gasteiger partial charge in [-0.15, -0.1) is 0 Å². The summed E-state index contributed by atoms with van der Waals surface area (Å²) in [4.78, 5) is 15.4. The highest BCUT2D eigenvalue weighted by Crippen LogP contribution is 2.45. The largest absolute Gasteiger partial charge is 0.342 e. The molecule has 3 heteroatoms. The van der Waals surface area contributed by atoms with Crippen LogP contribution in [0.15, 0.2) is 0 Å². The van der Waals surface area contributed by atoms with Crippen LogP contribution < -0.4 is 5.32 Å². The number of amides is 1. The highest BCUT2D eigenvalue weighted by atomic mass is 16.2. The van der Waals surface area contributed by atoms with Gasteiger partial charge in [0.2, 0.25) is 5.91 Å². The molecule has 0 aromatic heterocycles. The standard InChI is InChI=1S/C18H34N2O/c1-5-19-16-8-11-20(13-15(16)4)17(21)18(12-14(2)3)9-6-7-10-18/h14-16,19H,5-13H2,1-4H3. The molecule has 1 amide bonds. The second-order valence-corrected chi connectivity index (χ2v) is 7.77. The molecule has 1 aliphatic heterocycles. The summed E-state index contributed by atoms with van der Waals surface area (Å²) in [5, 5.41) is 3.57. The van der Waals surface area contributed by atoms with Gasteiger partial charge in [0.15, 0.2) is 0 Å². The van der Waals surface area contributed by atoms with Crippen molar-refractivity contribution in [2.45, 2.75) is 72.3 Å². The highest BCUT2D eigenvalue weighted by Gasteiger charge is 2.44. The second-order valence-electron chi connectivity index (χ2n) is 7.77. The number of hydrogen-bond acceptors (Lipinski definition) is 2. The Morgan fingerprint density at radius 2 is 2.00 bits per heavy atom. The summed E-state index contributed by atoms with van der Waals surface area (Å²) in [7, 11) is 0. The van der Waals surface area contributed by atoms with Crippen molar-refractivity contribution in [3.63, 3.8) is 0 Å². The highest BCUT2D eigenvalue weighted by molar-refractivity contribution is 5.83. The van der Waals surface area contributed by atoms with Gasteiger partial charge >= 0.3 is 0 Å². The maximum absolute atomic E-state index is 13.2. The third-order valence-electron chi connectivity index (χ3n) is 5.47. The first-order valence-electron chi connectivity index (χ1n) is 9.01. The minimum Gasteiger partial charge on any atom is -0.342 e. The van der Waals surface area contributed by atoms with Gasteiger partial charge in [-0.3, -0.25) is 4.79 Å². The maximum Gasteiger partial charge on any atom is 0.228 e. The van der Waals surface area contributed by atoms with Gasteiger partial charge < -0.3 is 10.2 Å². The Morgan fingerprint density at radius 3 is 2.52 bits per heavy atom. The molecule has 2 aliphatic rings. The summed E-state index contributed by atoms with van der Waals surface area (Å²) < 4.78 is 0. The molecule has 2 fully saturated rings. The number of piperidine rings is 1. The van der Waals surface area contributed by atoms with Crippen LogP contribution >= 0.6 is 0 Å². The molecule has 1 heterocycles. The van der Waals surface area contributed by atoms with Crippen LogP contribution in [0.3, 0.4) is 0 Å². The fourth-order valence-corrected chi connectivity index (χ4v) is 4.57. The van der Waals surface area contributed by atoms with E-state index in [-0.39, 0.29) is 5.41 Å². The zero-order chi connectivity index (χ0) is 15.5. The van der Waals surface area contributed by atoms with E-state index in [0.29, 0.717) is 23.8 Å². The number of nitrogens with one attached hydrogen (secondary N) is 1. The van der Waals surface area contributed by atoms with Gasteiger partial charge in [0.25, 0.3) is 0 Å². The van der Waals surface area contributed by atoms with Crippen molar-refractivity contribution in [1.82, 2.24) is 10.2 Å². The molecule has 3 nitrogen and oxygen atoms in total. The summed E-state index contributed by atoms with van der Waals surface area (Å²) in [6.07, 6.45) is 6.90. The monoisotopic (exact) mass is 294 g/mol. The Hall–Kier alpha value is -0.570. The molecular weight excluding hydrogens is 260 g/mol. The molecule has 2 atom stereocenters. The zero-order valence-corrected chi connectivity index (χ0v) is 14.5. The average molecular weight is 294 g/mol. The van der Waals surface area contributed by atoms with Gasteiger partial charge in [-0.05, 0) is 44.1 Å². The van der Waals surface area contributed by atoms with E-state index in [2.05, 4.69) is 37.9 Å². The summed E-state index contributed by atoms with van der Waals surface area (Å²) >= 11 is 0. The molecule has 0 bridgehead atoms. The van der Waals surface area contributed by atoms with Crippen molar-refractivity contribution in [3.05, 3.63) is 0 Å². The predicted molar refractivity (Wildman–Crippen MR) is 88.2 cm³/mol. The molecule has 2 rings (SSSR count). The number of rotatable bonds is 5. The van der Waals surface area contributed by atoms with E-state index < -0.39 is 0 Å². The lowest BCUT2D eigenvalue weighted by molar-refractivity contribution is -0.145. The molecule has 0 radical (unpaired) electrons. The lowest BCUT2D eigenvalue weighted by atomic mass is 9.76. The number of nitrogens with zero attached hydrogens (tertiary/aromatic N) is 1. The first-order valence-corrected chi connectivity index (χ1v) is 9.01. The zero-order valence-electron chi connectivity index (χ0n) is 14.5. The topological polar surface area (TPSA) is 32.3 Å². The Balaban J connectivity index is 2.02. The Bertz CT molecular complexity index is 347. The molecule has 0 aromatic rings. The molecule has 2 unspecified atom stereocenters. The molecule has 21 heavy (non-hydrogen) atoms. The number of carbonyl (C=O) groups excluding carboxylic acids is 1. The Morgan fingerprint density at radius 1 is 1.33 bits per heavy atom. The third-order valence-corrected chi connectivity index (χ3v) is 5.47. The number of carbonyl (C=O) groups is 1. The minimum atomic E-state index is -0.0289. The fraction of sp³-hybridized carbons (Fsp3) is 0.944. The molecular formula is C18H34N2O. The summed E-state index contributed by atoms with van der Waals surface area (Å²) in [6, 6.07) is 0.587. The van der Waals surface area contributed by atoms with Crippen molar-refractivity contribution < 1.29 is 4.79 Å². The van der Waals surface area contributed by atoms with E-state index in [9.17, 15) is 4.79 Å². The quantitative estimate of drug-likeness (QED) is 0.842. The van der Waals surface area contributed by atoms with Crippen LogP contribution in [0, 0.1) is 17.3 Å². The van der Waals surface area contributed by atoms with Crippen LogP contribution in [-0.2, 0) is 4.79 Å². The SMILES string of the molecule is CCNC1CCN(C(=O)C2(CC(C)C)CCCC2)CC1C. The molecule has 0 spiro atoms. The van der Waals surface area contributed by atoms with Gasteiger partial charge in [-0.1, -0.05) is 40.5 Å². The van der Waals surface area contributed by atoms with Crippen LogP contribution in [0.25, 0.3) is 0 Å². The molecule has 0 aromatic carbocycles. The van der Waals surface area contributed by atoms with Crippen LogP contribution in [-0.4, -0.2) is 36.5 Å². The van der Waals surface area contributed by atoms with Crippen LogP contribution in [0.4, 0.5) is 0 Å². The van der Waals surface area contributed by atoms with Crippen LogP contribution in [0.5, 0.6) is 0 Å². The van der Waals surface area contributed by atoms with Gasteiger partial charge in [0.1, 0.15) is 0 Å². The lowest BCUT2D eigenvalue weighted by Crippen LogP contribution is -2.53. The van der Waals surface area contributed by atoms with Gasteiger partial charge in [-0.2, -0.15) is 0 Å². The first kappa shape index (κ1) is 16.8. The molecule has 1 saturated heterocycles. The minimum absolute atomic E-state index is 0.0289. The van der Waals surface area contributed by atoms with E-state index >= 15 is 0 Å². The van der Waals surface area contributed by atoms with Crippen LogP contribution in [0.1, 0.15) is 66.2 Å². The van der Waals surface area contributed by atoms with Crippen LogP contribution in [0.2, 0.25) is 0 Å². The second kappa shape index (κ2) is 7.13. The lowest BCUT2D eigenvalue weighted by Gasteiger charge is -2.42. The van der Waals surface area contributed by atoms with Crippen molar-refractivity contribution in [2.75, 3.05) is 19.6 Å². The summed E-state index contributed by atoms with van der Waals surface area (Å²) in [6.45, 7) is 11.9. The summed E-state index contributed by atoms with van der Waals surface area (Å²) in [5.74, 6) is 1.65. The van der Waals surface area contributed by atoms with E-state index in [1.165, 1.54) is 12.8 Å². The first-order chi connectivity index (χ1) is 9.98. The maximum atomic E-state index is 13.2. The smallest absolute Gasteiger partial charge is 0.228 e. The van der Waals surface area contributed by atoms with E-state index in [4.69, 9.17) is 0 Å². The van der Waals surface area contributed by atoms with E-state index in [1.807, 2.05) is 0 Å². The average Bonchev–Trinajstić information content (AvgIpc) is 2.89. The fourth-order valence-electron chi connectivity index (χ4n) is 4.57. The third kappa shape index (κ3) is 3.80. The molecule has 122 valence electrons. The van der Waals surface area contributed by atoms with Crippen molar-refractivity contribution >= 4 is 5.91 Å². The molecule has 1 saturated carbocycles. The van der Waals surface area contributed by atoms with Crippen molar-refractivity contribution in [1.29, 1.82) is 0 Å². The van der Waals surface area contributed by atoms with Crippen molar-refractivity contribution in [2.24, 2.45) is 17.3 Å². The normalized spacial score (nSPS) is 29.1.